The lowest BCUT2D eigenvalue weighted by atomic mass is 9.76. The third-order valence-electron chi connectivity index (χ3n) is 7.22. The van der Waals surface area contributed by atoms with Crippen LogP contribution in [0.2, 0.25) is 0 Å². The molecule has 37 heavy (non-hydrogen) atoms. The molecule has 1 aliphatic heterocycles. The molecule has 0 unspecified atom stereocenters. The molecule has 0 atom stereocenters. The van der Waals surface area contributed by atoms with E-state index in [2.05, 4.69) is 31.9 Å². The number of fused-ring (bicyclic) bond motifs is 1. The third-order valence-corrected chi connectivity index (χ3v) is 8.83. The van der Waals surface area contributed by atoms with Crippen molar-refractivity contribution in [3.63, 3.8) is 0 Å². The van der Waals surface area contributed by atoms with Crippen LogP contribution in [0.5, 0.6) is 11.5 Å². The number of aromatic carboxylic acids is 1. The van der Waals surface area contributed by atoms with Crippen molar-refractivity contribution in [2.24, 2.45) is 0 Å². The molecule has 0 aliphatic carbocycles. The van der Waals surface area contributed by atoms with Crippen molar-refractivity contribution in [1.82, 2.24) is 0 Å². The quantitative estimate of drug-likeness (QED) is 0.242. The molecular formula is C29H28Br2O6. The number of rotatable bonds is 7. The largest absolute Gasteiger partial charge is 0.506 e. The average molecular weight is 632 g/mol. The number of phenolic OH excluding ortho intramolecular Hbond substituents is 2. The predicted molar refractivity (Wildman–Crippen MR) is 148 cm³/mol. The number of benzene rings is 3. The zero-order chi connectivity index (χ0) is 27.2. The van der Waals surface area contributed by atoms with Gasteiger partial charge in [-0.25, -0.2) is 9.59 Å². The van der Waals surface area contributed by atoms with E-state index in [-0.39, 0.29) is 22.6 Å². The molecule has 0 bridgehead atoms. The molecule has 0 aromatic heterocycles. The molecule has 6 nitrogen and oxygen atoms in total. The highest BCUT2D eigenvalue weighted by Gasteiger charge is 2.53. The van der Waals surface area contributed by atoms with Gasteiger partial charge in [0, 0.05) is 16.7 Å². The van der Waals surface area contributed by atoms with Gasteiger partial charge in [-0.05, 0) is 98.0 Å². The normalized spacial score (nSPS) is 13.9. The SMILES string of the molecule is CCc1cc(C2(c3cc(CC)c(CC)c(O)c3Br)OC(=O)c3c(C(=O)O)cccc32)c(Br)c(O)c1CC. The first kappa shape index (κ1) is 27.2. The molecule has 0 fully saturated rings. The van der Waals surface area contributed by atoms with Crippen LogP contribution in [0.4, 0.5) is 0 Å². The molecule has 1 aliphatic rings. The number of hydrogen-bond acceptors (Lipinski definition) is 5. The van der Waals surface area contributed by atoms with E-state index in [4.69, 9.17) is 4.74 Å². The molecule has 3 N–H and O–H groups in total. The zero-order valence-corrected chi connectivity index (χ0v) is 24.2. The summed E-state index contributed by atoms with van der Waals surface area (Å²) >= 11 is 7.14. The van der Waals surface area contributed by atoms with Gasteiger partial charge >= 0.3 is 11.9 Å². The predicted octanol–water partition coefficient (Wildman–Crippen LogP) is 7.03. The van der Waals surface area contributed by atoms with Crippen LogP contribution in [0.15, 0.2) is 39.3 Å². The summed E-state index contributed by atoms with van der Waals surface area (Å²) in [4.78, 5) is 25.6. The number of carbonyl (C=O) groups is 2. The lowest BCUT2D eigenvalue weighted by molar-refractivity contribution is 0.0243. The lowest BCUT2D eigenvalue weighted by Gasteiger charge is -2.34. The van der Waals surface area contributed by atoms with Gasteiger partial charge in [0.1, 0.15) is 11.5 Å². The molecule has 4 rings (SSSR count). The van der Waals surface area contributed by atoms with Crippen molar-refractivity contribution >= 4 is 43.8 Å². The highest BCUT2D eigenvalue weighted by atomic mass is 79.9. The van der Waals surface area contributed by atoms with Crippen LogP contribution in [0.25, 0.3) is 0 Å². The molecule has 3 aromatic rings. The van der Waals surface area contributed by atoms with Gasteiger partial charge in [-0.2, -0.15) is 0 Å². The van der Waals surface area contributed by atoms with Gasteiger partial charge in [0.25, 0.3) is 0 Å². The Morgan fingerprint density at radius 2 is 1.32 bits per heavy atom. The lowest BCUT2D eigenvalue weighted by Crippen LogP contribution is -2.31. The molecule has 0 saturated heterocycles. The fourth-order valence-electron chi connectivity index (χ4n) is 5.44. The summed E-state index contributed by atoms with van der Waals surface area (Å²) < 4.78 is 6.90. The van der Waals surface area contributed by atoms with Crippen LogP contribution < -0.4 is 0 Å². The number of cyclic esters (lactones) is 1. The van der Waals surface area contributed by atoms with E-state index in [0.29, 0.717) is 51.3 Å². The van der Waals surface area contributed by atoms with Crippen LogP contribution in [-0.2, 0) is 36.0 Å². The fourth-order valence-corrected chi connectivity index (χ4v) is 6.71. The molecule has 0 saturated carbocycles. The molecule has 3 aromatic carbocycles. The first-order valence-electron chi connectivity index (χ1n) is 12.3. The minimum absolute atomic E-state index is 0.0383. The Bertz CT molecular complexity index is 1380. The molecule has 0 radical (unpaired) electrons. The number of esters is 1. The Morgan fingerprint density at radius 1 is 0.838 bits per heavy atom. The average Bonchev–Trinajstić information content (AvgIpc) is 3.19. The van der Waals surface area contributed by atoms with Gasteiger partial charge in [-0.3, -0.25) is 0 Å². The molecule has 8 heteroatoms. The van der Waals surface area contributed by atoms with Crippen LogP contribution in [0, 0.1) is 0 Å². The molecule has 0 amide bonds. The van der Waals surface area contributed by atoms with Gasteiger partial charge in [-0.1, -0.05) is 39.8 Å². The number of phenols is 2. The second-order valence-corrected chi connectivity index (χ2v) is 10.6. The topological polar surface area (TPSA) is 104 Å². The van der Waals surface area contributed by atoms with Crippen LogP contribution in [0.3, 0.4) is 0 Å². The second-order valence-electron chi connectivity index (χ2n) is 8.97. The number of hydrogen-bond donors (Lipinski definition) is 3. The van der Waals surface area contributed by atoms with Crippen molar-refractivity contribution < 1.29 is 29.6 Å². The number of ether oxygens (including phenoxy) is 1. The van der Waals surface area contributed by atoms with E-state index in [1.54, 1.807) is 12.1 Å². The summed E-state index contributed by atoms with van der Waals surface area (Å²) in [6, 6.07) is 8.39. The maximum absolute atomic E-state index is 13.5. The first-order valence-corrected chi connectivity index (χ1v) is 13.8. The number of aryl methyl sites for hydroxylation is 2. The summed E-state index contributed by atoms with van der Waals surface area (Å²) in [7, 11) is 0. The Labute approximate surface area is 232 Å². The number of halogens is 2. The number of carboxylic acid groups (broad SMARTS) is 1. The summed E-state index contributed by atoms with van der Waals surface area (Å²) in [6.45, 7) is 7.85. The van der Waals surface area contributed by atoms with E-state index in [1.165, 1.54) is 6.07 Å². The molecule has 0 spiro atoms. The van der Waals surface area contributed by atoms with Gasteiger partial charge in [0.15, 0.2) is 5.60 Å². The van der Waals surface area contributed by atoms with Crippen molar-refractivity contribution in [3.05, 3.63) is 89.3 Å². The maximum Gasteiger partial charge on any atom is 0.341 e. The minimum Gasteiger partial charge on any atom is -0.506 e. The monoisotopic (exact) mass is 630 g/mol. The number of carbonyl (C=O) groups excluding carboxylic acids is 1. The minimum atomic E-state index is -1.64. The molecule has 194 valence electrons. The Hall–Kier alpha value is -2.84. The summed E-state index contributed by atoms with van der Waals surface area (Å²) in [5.41, 5.74) is 2.64. The van der Waals surface area contributed by atoms with Crippen molar-refractivity contribution in [1.29, 1.82) is 0 Å². The standard InChI is InChI=1S/C29H28Br2O6/c1-5-14-12-20(23(30)25(32)16(14)7-3)29(21-13-15(6-2)17(8-4)26(33)24(21)31)19-11-9-10-18(27(34)35)22(19)28(36)37-29/h9-13,32-33H,5-8H2,1-4H3,(H,34,35). The summed E-state index contributed by atoms with van der Waals surface area (Å²) in [5, 5.41) is 32.3. The van der Waals surface area contributed by atoms with Crippen LogP contribution >= 0.6 is 31.9 Å². The summed E-state index contributed by atoms with van der Waals surface area (Å²) in [5.74, 6) is -1.96. The zero-order valence-electron chi connectivity index (χ0n) is 21.0. The van der Waals surface area contributed by atoms with Gasteiger partial charge in [0.05, 0.1) is 20.1 Å². The smallest absolute Gasteiger partial charge is 0.341 e. The Balaban J connectivity index is 2.25. The van der Waals surface area contributed by atoms with Crippen LogP contribution in [0.1, 0.15) is 87.4 Å². The van der Waals surface area contributed by atoms with Gasteiger partial charge in [0.2, 0.25) is 0 Å². The van der Waals surface area contributed by atoms with Crippen molar-refractivity contribution in [2.45, 2.75) is 59.0 Å². The van der Waals surface area contributed by atoms with Gasteiger partial charge < -0.3 is 20.1 Å². The van der Waals surface area contributed by atoms with Crippen molar-refractivity contribution in [2.75, 3.05) is 0 Å². The molecule has 1 heterocycles. The van der Waals surface area contributed by atoms with Gasteiger partial charge in [-0.15, -0.1) is 0 Å². The molecular weight excluding hydrogens is 604 g/mol. The highest BCUT2D eigenvalue weighted by molar-refractivity contribution is 9.11. The van der Waals surface area contributed by atoms with Crippen LogP contribution in [-0.4, -0.2) is 27.3 Å². The first-order chi connectivity index (χ1) is 17.6. The highest BCUT2D eigenvalue weighted by Crippen LogP contribution is 2.55. The summed E-state index contributed by atoms with van der Waals surface area (Å²) in [6.07, 6.45) is 2.42. The maximum atomic E-state index is 13.5. The van der Waals surface area contributed by atoms with Crippen molar-refractivity contribution in [3.8, 4) is 11.5 Å². The third kappa shape index (κ3) is 3.96. The second kappa shape index (κ2) is 10.1. The van der Waals surface area contributed by atoms with E-state index in [1.807, 2.05) is 39.8 Å². The number of carboxylic acids is 1. The van der Waals surface area contributed by atoms with E-state index in [9.17, 15) is 24.9 Å². The Morgan fingerprint density at radius 3 is 1.73 bits per heavy atom. The van der Waals surface area contributed by atoms with E-state index in [0.717, 1.165) is 22.3 Å². The number of aromatic hydroxyl groups is 2. The Kier molecular flexibility index (Phi) is 7.45. The van der Waals surface area contributed by atoms with E-state index < -0.39 is 17.5 Å². The van der Waals surface area contributed by atoms with E-state index >= 15 is 0 Å². The fraction of sp³-hybridized carbons (Fsp3) is 0.310.